The fraction of sp³-hybridized carbons (Fsp3) is 0.370. The number of ether oxygens (including phenoxy) is 2. The zero-order valence-electron chi connectivity index (χ0n) is 23.7. The van der Waals surface area contributed by atoms with Gasteiger partial charge in [0.25, 0.3) is 0 Å². The van der Waals surface area contributed by atoms with Gasteiger partial charge >= 0.3 is 0 Å². The minimum absolute atomic E-state index is 0.0657. The van der Waals surface area contributed by atoms with Crippen molar-refractivity contribution in [2.24, 2.45) is 13.0 Å². The Bertz CT molecular complexity index is 1970. The second kappa shape index (κ2) is 10.7. The molecule has 1 aliphatic heterocycles. The van der Waals surface area contributed by atoms with Crippen LogP contribution in [0.4, 0.5) is 4.39 Å². The van der Waals surface area contributed by atoms with E-state index in [4.69, 9.17) is 38.0 Å². The highest BCUT2D eigenvalue weighted by Crippen LogP contribution is 2.45. The average Bonchev–Trinajstić information content (AvgIpc) is 3.52. The number of hydrogen-bond acceptors (Lipinski definition) is 9. The summed E-state index contributed by atoms with van der Waals surface area (Å²) in [6.45, 7) is 0.908. The number of hydrogen-bond donors (Lipinski definition) is 0. The summed E-state index contributed by atoms with van der Waals surface area (Å²) < 4.78 is 56.7. The molecule has 43 heavy (non-hydrogen) atoms. The van der Waals surface area contributed by atoms with Gasteiger partial charge in [-0.05, 0) is 37.0 Å². The average molecular weight is 595 g/mol. The van der Waals surface area contributed by atoms with E-state index in [2.05, 4.69) is 20.3 Å². The van der Waals surface area contributed by atoms with Gasteiger partial charge in [-0.15, -0.1) is 5.10 Å². The van der Waals surface area contributed by atoms with Crippen molar-refractivity contribution < 1.29 is 22.3 Å². The SMILES string of the molecule is [B]C([B])([B])c1nnn(C)c1-c1cnc2c3c(OC)ncc(S(C)(=O)=O)c3n(C(c3ncccc3F)C3CCOCC3)c2c1. The lowest BCUT2D eigenvalue weighted by molar-refractivity contribution is 0.0542. The Morgan fingerprint density at radius 2 is 1.91 bits per heavy atom. The maximum atomic E-state index is 15.7. The minimum atomic E-state index is -3.85. The molecular weight excluding hydrogens is 570 g/mol. The lowest BCUT2D eigenvalue weighted by Crippen LogP contribution is -2.29. The van der Waals surface area contributed by atoms with Crippen LogP contribution in [-0.2, 0) is 26.7 Å². The Morgan fingerprint density at radius 1 is 1.16 bits per heavy atom. The molecule has 0 saturated carbocycles. The molecular formula is C27H25B3FN7O4S. The van der Waals surface area contributed by atoms with E-state index in [9.17, 15) is 8.42 Å². The van der Waals surface area contributed by atoms with E-state index in [0.29, 0.717) is 53.7 Å². The second-order valence-corrected chi connectivity index (χ2v) is 12.7. The molecule has 0 aliphatic carbocycles. The largest absolute Gasteiger partial charge is 0.480 e. The quantitative estimate of drug-likeness (QED) is 0.260. The summed E-state index contributed by atoms with van der Waals surface area (Å²) in [6, 6.07) is 3.87. The fourth-order valence-electron chi connectivity index (χ4n) is 5.89. The maximum Gasteiger partial charge on any atom is 0.224 e. The monoisotopic (exact) mass is 595 g/mol. The predicted octanol–water partition coefficient (Wildman–Crippen LogP) is 1.96. The van der Waals surface area contributed by atoms with E-state index < -0.39 is 26.8 Å². The van der Waals surface area contributed by atoms with Crippen molar-refractivity contribution in [2.75, 3.05) is 26.6 Å². The third-order valence-electron chi connectivity index (χ3n) is 7.75. The summed E-state index contributed by atoms with van der Waals surface area (Å²) in [6.07, 6.45) is 6.57. The van der Waals surface area contributed by atoms with Gasteiger partial charge in [0, 0.05) is 44.5 Å². The van der Waals surface area contributed by atoms with E-state index in [1.165, 1.54) is 36.3 Å². The summed E-state index contributed by atoms with van der Waals surface area (Å²) in [5, 5.41) is 6.67. The highest BCUT2D eigenvalue weighted by atomic mass is 32.2. The summed E-state index contributed by atoms with van der Waals surface area (Å²) in [7, 11) is 17.3. The van der Waals surface area contributed by atoms with Crippen molar-refractivity contribution in [1.82, 2.24) is 34.5 Å². The number of methoxy groups -OCH3 is 1. The molecule has 1 aliphatic rings. The Kier molecular flexibility index (Phi) is 7.32. The van der Waals surface area contributed by atoms with Crippen molar-refractivity contribution in [3.05, 3.63) is 54.0 Å². The Morgan fingerprint density at radius 3 is 2.56 bits per heavy atom. The molecule has 0 spiro atoms. The first-order chi connectivity index (χ1) is 20.4. The van der Waals surface area contributed by atoms with Crippen molar-refractivity contribution in [3.8, 4) is 17.1 Å². The first kappa shape index (κ1) is 29.3. The molecule has 1 fully saturated rings. The zero-order valence-corrected chi connectivity index (χ0v) is 24.5. The molecule has 6 radical (unpaired) electrons. The molecule has 0 N–H and O–H groups in total. The molecule has 1 atom stereocenters. The highest BCUT2D eigenvalue weighted by molar-refractivity contribution is 7.91. The third kappa shape index (κ3) is 4.99. The number of fused-ring (bicyclic) bond motifs is 3. The molecule has 11 nitrogen and oxygen atoms in total. The molecule has 6 rings (SSSR count). The van der Waals surface area contributed by atoms with Crippen molar-refractivity contribution in [2.45, 2.75) is 28.9 Å². The van der Waals surface area contributed by atoms with Gasteiger partial charge in [0.05, 0.1) is 76.4 Å². The molecule has 5 aromatic heterocycles. The minimum Gasteiger partial charge on any atom is -0.480 e. The Hall–Kier alpha value is -3.78. The first-order valence-corrected chi connectivity index (χ1v) is 15.3. The number of pyridine rings is 3. The normalized spacial score (nSPS) is 15.7. The number of nitrogens with zero attached hydrogens (tertiary/aromatic N) is 7. The smallest absolute Gasteiger partial charge is 0.224 e. The van der Waals surface area contributed by atoms with E-state index in [0.717, 1.165) is 6.26 Å². The summed E-state index contributed by atoms with van der Waals surface area (Å²) in [5.41, 5.74) is 2.29. The fourth-order valence-corrected chi connectivity index (χ4v) is 6.69. The van der Waals surface area contributed by atoms with Crippen LogP contribution in [0, 0.1) is 11.7 Å². The molecule has 5 aromatic rings. The van der Waals surface area contributed by atoms with Gasteiger partial charge in [-0.25, -0.2) is 22.5 Å². The van der Waals surface area contributed by atoms with Gasteiger partial charge < -0.3 is 14.0 Å². The van der Waals surface area contributed by atoms with Gasteiger partial charge in [-0.2, -0.15) is 0 Å². The standard InChI is InChI=1S/C27H25B3FN7O4S/c1-37-23(25(35-36-37)27(28,29)30)15-11-17-21(33-12-15)19-24(18(43(3,39)40)13-34-26(19)41-2)38(17)22(14-6-9-42-10-7-14)20-16(31)5-4-8-32-20/h4-5,8,11-14,22H,6-7,9-10H2,1-3H3. The predicted molar refractivity (Wildman–Crippen MR) is 160 cm³/mol. The summed E-state index contributed by atoms with van der Waals surface area (Å²) in [4.78, 5) is 13.5. The van der Waals surface area contributed by atoms with Gasteiger partial charge in [-0.1, -0.05) is 10.3 Å². The Labute approximate surface area is 251 Å². The highest BCUT2D eigenvalue weighted by Gasteiger charge is 2.36. The van der Waals surface area contributed by atoms with Crippen molar-refractivity contribution in [3.63, 3.8) is 0 Å². The molecule has 16 heteroatoms. The van der Waals surface area contributed by atoms with Gasteiger partial charge in [0.15, 0.2) is 9.84 Å². The number of sulfone groups is 1. The van der Waals surface area contributed by atoms with Gasteiger partial charge in [0.1, 0.15) is 16.2 Å². The van der Waals surface area contributed by atoms with Crippen LogP contribution in [0.15, 0.2) is 41.7 Å². The second-order valence-electron chi connectivity index (χ2n) is 10.7. The zero-order chi connectivity index (χ0) is 30.7. The van der Waals surface area contributed by atoms with E-state index in [-0.39, 0.29) is 33.6 Å². The molecule has 6 heterocycles. The number of aromatic nitrogens is 7. The first-order valence-electron chi connectivity index (χ1n) is 13.4. The number of halogens is 1. The van der Waals surface area contributed by atoms with Crippen LogP contribution < -0.4 is 4.74 Å². The van der Waals surface area contributed by atoms with E-state index in [1.807, 2.05) is 0 Å². The molecule has 1 unspecified atom stereocenters. The number of aryl methyl sites for hydroxylation is 1. The van der Waals surface area contributed by atoms with E-state index in [1.54, 1.807) is 23.9 Å². The van der Waals surface area contributed by atoms with Crippen LogP contribution in [0.1, 0.15) is 30.3 Å². The summed E-state index contributed by atoms with van der Waals surface area (Å²) in [5.74, 6) is -0.547. The molecule has 1 saturated heterocycles. The maximum absolute atomic E-state index is 15.7. The van der Waals surface area contributed by atoms with Crippen molar-refractivity contribution in [1.29, 1.82) is 0 Å². The lowest BCUT2D eigenvalue weighted by atomic mass is 9.41. The number of rotatable bonds is 7. The topological polar surface area (TPSA) is 127 Å². The van der Waals surface area contributed by atoms with Crippen molar-refractivity contribution >= 4 is 55.3 Å². The molecule has 0 amide bonds. The lowest BCUT2D eigenvalue weighted by Gasteiger charge is -2.32. The van der Waals surface area contributed by atoms with Crippen LogP contribution in [0.2, 0.25) is 0 Å². The Balaban J connectivity index is 1.80. The van der Waals surface area contributed by atoms with Crippen LogP contribution in [0.25, 0.3) is 33.2 Å². The van der Waals surface area contributed by atoms with Crippen LogP contribution in [0.5, 0.6) is 5.88 Å². The van der Waals surface area contributed by atoms with E-state index >= 15 is 4.39 Å². The molecule has 0 bridgehead atoms. The van der Waals surface area contributed by atoms with Gasteiger partial charge in [0.2, 0.25) is 5.88 Å². The van der Waals surface area contributed by atoms with Crippen LogP contribution in [-0.4, -0.2) is 93.0 Å². The van der Waals surface area contributed by atoms with Crippen LogP contribution >= 0.6 is 0 Å². The summed E-state index contributed by atoms with van der Waals surface area (Å²) >= 11 is 0. The molecule has 0 aromatic carbocycles. The molecule has 214 valence electrons. The third-order valence-corrected chi connectivity index (χ3v) is 8.85. The van der Waals surface area contributed by atoms with Gasteiger partial charge in [-0.3, -0.25) is 9.97 Å². The van der Waals surface area contributed by atoms with Crippen LogP contribution in [0.3, 0.4) is 0 Å².